The smallest absolute Gasteiger partial charge is 0.279 e. The molecule has 11 heteroatoms. The fourth-order valence-corrected chi connectivity index (χ4v) is 3.69. The van der Waals surface area contributed by atoms with E-state index in [2.05, 4.69) is 15.6 Å². The molecule has 1 heterocycles. The van der Waals surface area contributed by atoms with E-state index >= 15 is 0 Å². The van der Waals surface area contributed by atoms with Crippen LogP contribution in [0.4, 0.5) is 0 Å². The van der Waals surface area contributed by atoms with Crippen LogP contribution in [0, 0.1) is 0 Å². The third kappa shape index (κ3) is 8.01. The zero-order chi connectivity index (χ0) is 22.1. The summed E-state index contributed by atoms with van der Waals surface area (Å²) in [5.74, 6) is 0.227. The molecule has 2 aromatic rings. The topological polar surface area (TPSA) is 123 Å². The summed E-state index contributed by atoms with van der Waals surface area (Å²) in [6, 6.07) is 10.2. The second-order valence-electron chi connectivity index (χ2n) is 6.29. The average molecular weight is 456 g/mol. The van der Waals surface area contributed by atoms with Gasteiger partial charge in [-0.25, -0.2) is 13.1 Å². The number of hydrazine groups is 1. The Morgan fingerprint density at radius 2 is 1.73 bits per heavy atom. The van der Waals surface area contributed by atoms with Gasteiger partial charge >= 0.3 is 0 Å². The molecule has 1 atom stereocenters. The van der Waals surface area contributed by atoms with E-state index in [9.17, 15) is 18.0 Å². The van der Waals surface area contributed by atoms with Crippen LogP contribution < -0.4 is 25.0 Å². The molecule has 0 saturated carbocycles. The maximum atomic E-state index is 12.2. The maximum absolute atomic E-state index is 12.2. The maximum Gasteiger partial charge on any atom is 0.279 e. The van der Waals surface area contributed by atoms with E-state index in [-0.39, 0.29) is 6.54 Å². The molecule has 9 nitrogen and oxygen atoms in total. The first kappa shape index (κ1) is 23.6. The number of hydrogen-bond acceptors (Lipinski definition) is 7. The van der Waals surface area contributed by atoms with Crippen molar-refractivity contribution in [2.45, 2.75) is 26.4 Å². The number of thiophene rings is 1. The summed E-state index contributed by atoms with van der Waals surface area (Å²) in [7, 11) is -3.25. The quantitative estimate of drug-likeness (QED) is 0.466. The van der Waals surface area contributed by atoms with Gasteiger partial charge in [0.05, 0.1) is 17.7 Å². The lowest BCUT2D eigenvalue weighted by atomic mass is 10.3. The minimum atomic E-state index is -3.25. The van der Waals surface area contributed by atoms with Gasteiger partial charge in [-0.1, -0.05) is 0 Å². The van der Waals surface area contributed by atoms with E-state index in [4.69, 9.17) is 9.47 Å². The molecule has 0 aliphatic carbocycles. The predicted octanol–water partition coefficient (Wildman–Crippen LogP) is 1.47. The van der Waals surface area contributed by atoms with Gasteiger partial charge in [-0.2, -0.15) is 0 Å². The molecule has 1 aromatic carbocycles. The van der Waals surface area contributed by atoms with Gasteiger partial charge in [0.2, 0.25) is 10.0 Å². The van der Waals surface area contributed by atoms with Gasteiger partial charge in [0.15, 0.2) is 6.10 Å². The number of sulfonamides is 1. The summed E-state index contributed by atoms with van der Waals surface area (Å²) in [6.45, 7) is 4.26. The number of ether oxygens (including phenoxy) is 2. The lowest BCUT2D eigenvalue weighted by Gasteiger charge is -2.15. The molecule has 2 rings (SSSR count). The van der Waals surface area contributed by atoms with Crippen LogP contribution >= 0.6 is 11.3 Å². The lowest BCUT2D eigenvalue weighted by Crippen LogP contribution is -2.47. The second kappa shape index (κ2) is 11.0. The second-order valence-corrected chi connectivity index (χ2v) is 9.29. The number of amides is 2. The van der Waals surface area contributed by atoms with Crippen LogP contribution in [0.5, 0.6) is 11.5 Å². The van der Waals surface area contributed by atoms with Gasteiger partial charge in [-0.3, -0.25) is 20.4 Å². The Morgan fingerprint density at radius 3 is 2.37 bits per heavy atom. The van der Waals surface area contributed by atoms with Crippen molar-refractivity contribution < 1.29 is 27.5 Å². The highest BCUT2D eigenvalue weighted by Crippen LogP contribution is 2.19. The summed E-state index contributed by atoms with van der Waals surface area (Å²) in [5, 5.41) is 0. The predicted molar refractivity (Wildman–Crippen MR) is 114 cm³/mol. The number of hydrogen-bond donors (Lipinski definition) is 3. The summed E-state index contributed by atoms with van der Waals surface area (Å²) in [6.07, 6.45) is 0.720. The summed E-state index contributed by atoms with van der Waals surface area (Å²) < 4.78 is 35.4. The Morgan fingerprint density at radius 1 is 1.07 bits per heavy atom. The third-order valence-corrected chi connectivity index (χ3v) is 5.61. The van der Waals surface area contributed by atoms with E-state index in [1.165, 1.54) is 11.3 Å². The molecule has 0 bridgehead atoms. The van der Waals surface area contributed by atoms with Crippen molar-refractivity contribution in [3.05, 3.63) is 46.2 Å². The highest BCUT2D eigenvalue weighted by Gasteiger charge is 2.17. The molecule has 164 valence electrons. The van der Waals surface area contributed by atoms with E-state index in [0.29, 0.717) is 29.4 Å². The van der Waals surface area contributed by atoms with Gasteiger partial charge in [-0.05, 0) is 56.7 Å². The molecule has 1 aromatic heterocycles. The monoisotopic (exact) mass is 455 g/mol. The molecule has 0 aliphatic rings. The van der Waals surface area contributed by atoms with Gasteiger partial charge < -0.3 is 9.47 Å². The molecule has 2 amide bonds. The Kier molecular flexibility index (Phi) is 8.63. The molecule has 0 fully saturated rings. The van der Waals surface area contributed by atoms with Crippen molar-refractivity contribution in [3.63, 3.8) is 0 Å². The van der Waals surface area contributed by atoms with Gasteiger partial charge in [0, 0.05) is 11.4 Å². The van der Waals surface area contributed by atoms with Crippen LogP contribution in [-0.2, 0) is 21.2 Å². The number of benzene rings is 1. The van der Waals surface area contributed by atoms with Crippen LogP contribution in [0.3, 0.4) is 0 Å². The molecule has 0 spiro atoms. The SMILES string of the molecule is CCOc1ccc(OC(C)C(=O)NNC(=O)c2ccc(CCNS(C)(=O)=O)s2)cc1. The molecule has 0 saturated heterocycles. The third-order valence-electron chi connectivity index (χ3n) is 3.74. The normalized spacial score (nSPS) is 12.1. The Labute approximate surface area is 179 Å². The van der Waals surface area contributed by atoms with E-state index in [0.717, 1.165) is 11.1 Å². The summed E-state index contributed by atoms with van der Waals surface area (Å²) in [5.41, 5.74) is 4.68. The Balaban J connectivity index is 1.78. The summed E-state index contributed by atoms with van der Waals surface area (Å²) in [4.78, 5) is 25.6. The van der Waals surface area contributed by atoms with Crippen LogP contribution in [0.2, 0.25) is 0 Å². The first-order chi connectivity index (χ1) is 14.2. The molecule has 3 N–H and O–H groups in total. The molecular weight excluding hydrogens is 430 g/mol. The van der Waals surface area contributed by atoms with E-state index in [1.807, 2.05) is 6.92 Å². The minimum Gasteiger partial charge on any atom is -0.494 e. The van der Waals surface area contributed by atoms with Crippen molar-refractivity contribution in [2.75, 3.05) is 19.4 Å². The number of carbonyl (C=O) groups excluding carboxylic acids is 2. The Bertz CT molecular complexity index is 957. The highest BCUT2D eigenvalue weighted by atomic mass is 32.2. The molecule has 0 radical (unpaired) electrons. The van der Waals surface area contributed by atoms with Crippen molar-refractivity contribution in [2.24, 2.45) is 0 Å². The van der Waals surface area contributed by atoms with E-state index in [1.54, 1.807) is 43.3 Å². The minimum absolute atomic E-state index is 0.248. The zero-order valence-electron chi connectivity index (χ0n) is 16.9. The molecule has 0 aliphatic heterocycles. The summed E-state index contributed by atoms with van der Waals surface area (Å²) >= 11 is 1.22. The van der Waals surface area contributed by atoms with Gasteiger partial charge in [0.1, 0.15) is 11.5 Å². The number of nitrogens with one attached hydrogen (secondary N) is 3. The van der Waals surface area contributed by atoms with Crippen molar-refractivity contribution in [1.82, 2.24) is 15.6 Å². The zero-order valence-corrected chi connectivity index (χ0v) is 18.6. The standard InChI is InChI=1S/C19H25N3O6S2/c1-4-27-14-5-7-15(8-6-14)28-13(2)18(23)21-22-19(24)17-10-9-16(29-17)11-12-20-30(3,25)26/h5-10,13,20H,4,11-12H2,1-3H3,(H,21,23)(H,22,24). The first-order valence-electron chi connectivity index (χ1n) is 9.21. The van der Waals surface area contributed by atoms with Crippen molar-refractivity contribution >= 4 is 33.2 Å². The van der Waals surface area contributed by atoms with Crippen LogP contribution in [0.1, 0.15) is 28.4 Å². The fraction of sp³-hybridized carbons (Fsp3) is 0.368. The van der Waals surface area contributed by atoms with Crippen molar-refractivity contribution in [1.29, 1.82) is 0 Å². The lowest BCUT2D eigenvalue weighted by molar-refractivity contribution is -0.128. The Hall–Kier alpha value is -2.63. The largest absolute Gasteiger partial charge is 0.494 e. The van der Waals surface area contributed by atoms with Crippen LogP contribution in [0.15, 0.2) is 36.4 Å². The highest BCUT2D eigenvalue weighted by molar-refractivity contribution is 7.88. The molecular formula is C19H25N3O6S2. The van der Waals surface area contributed by atoms with Crippen LogP contribution in [-0.4, -0.2) is 45.7 Å². The van der Waals surface area contributed by atoms with Gasteiger partial charge in [0.25, 0.3) is 11.8 Å². The number of rotatable bonds is 10. The first-order valence-corrected chi connectivity index (χ1v) is 11.9. The molecule has 30 heavy (non-hydrogen) atoms. The average Bonchev–Trinajstić information content (AvgIpc) is 3.15. The van der Waals surface area contributed by atoms with E-state index < -0.39 is 27.9 Å². The molecule has 1 unspecified atom stereocenters. The van der Waals surface area contributed by atoms with Gasteiger partial charge in [-0.15, -0.1) is 11.3 Å². The fourth-order valence-electron chi connectivity index (χ4n) is 2.31. The van der Waals surface area contributed by atoms with Crippen molar-refractivity contribution in [3.8, 4) is 11.5 Å². The number of carbonyl (C=O) groups is 2. The van der Waals surface area contributed by atoms with Crippen LogP contribution in [0.25, 0.3) is 0 Å².